The van der Waals surface area contributed by atoms with Crippen LogP contribution in [0.5, 0.6) is 0 Å². The molecule has 0 bridgehead atoms. The van der Waals surface area contributed by atoms with Gasteiger partial charge >= 0.3 is 0 Å². The van der Waals surface area contributed by atoms with Crippen molar-refractivity contribution < 1.29 is 14.3 Å². The number of pyridine rings is 1. The fourth-order valence-electron chi connectivity index (χ4n) is 8.81. The zero-order chi connectivity index (χ0) is 22.8. The quantitative estimate of drug-likeness (QED) is 0.742. The van der Waals surface area contributed by atoms with E-state index in [1.165, 1.54) is 12.8 Å². The van der Waals surface area contributed by atoms with Gasteiger partial charge < -0.3 is 5.11 Å². The van der Waals surface area contributed by atoms with Crippen molar-refractivity contribution in [3.8, 4) is 0 Å². The van der Waals surface area contributed by atoms with E-state index in [-0.39, 0.29) is 17.9 Å². The average Bonchev–Trinajstić information content (AvgIpc) is 3.39. The number of ketones is 1. The second-order valence-electron chi connectivity index (χ2n) is 11.8. The van der Waals surface area contributed by atoms with Crippen molar-refractivity contribution in [2.75, 3.05) is 6.67 Å². The molecule has 0 spiro atoms. The molecule has 0 radical (unpaired) electrons. The summed E-state index contributed by atoms with van der Waals surface area (Å²) < 4.78 is 15.2. The van der Waals surface area contributed by atoms with E-state index in [0.717, 1.165) is 43.1 Å². The second-order valence-corrected chi connectivity index (χ2v) is 11.8. The lowest BCUT2D eigenvalue weighted by Crippen LogP contribution is -2.52. The summed E-state index contributed by atoms with van der Waals surface area (Å²) >= 11 is 0. The Balaban J connectivity index is 1.19. The van der Waals surface area contributed by atoms with Crippen molar-refractivity contribution in [1.29, 1.82) is 0 Å². The molecule has 0 unspecified atom stereocenters. The van der Waals surface area contributed by atoms with Crippen LogP contribution in [0.4, 0.5) is 4.39 Å². The highest BCUT2D eigenvalue weighted by atomic mass is 19.1. The smallest absolute Gasteiger partial charge is 0.157 e. The fraction of sp³-hybridized carbons (Fsp3) is 0.769. The molecule has 1 N–H and O–H groups in total. The summed E-state index contributed by atoms with van der Waals surface area (Å²) in [5.41, 5.74) is 0.580. The molecule has 8 atom stereocenters. The summed E-state index contributed by atoms with van der Waals surface area (Å²) in [5, 5.41) is 18.9. The normalized spacial score (nSPS) is 42.5. The molecular weight excluding hydrogens is 419 g/mol. The molecule has 7 heteroatoms. The first-order chi connectivity index (χ1) is 15.9. The zero-order valence-electron chi connectivity index (χ0n) is 19.5. The Morgan fingerprint density at radius 3 is 2.85 bits per heavy atom. The predicted molar refractivity (Wildman–Crippen MR) is 122 cm³/mol. The Hall–Kier alpha value is -1.89. The number of rotatable bonds is 4. The van der Waals surface area contributed by atoms with E-state index in [1.807, 2.05) is 6.07 Å². The van der Waals surface area contributed by atoms with Gasteiger partial charge in [-0.05, 0) is 98.9 Å². The molecule has 4 saturated carbocycles. The Kier molecular flexibility index (Phi) is 5.13. The van der Waals surface area contributed by atoms with Gasteiger partial charge in [-0.1, -0.05) is 12.1 Å². The van der Waals surface area contributed by atoms with Crippen LogP contribution in [0, 0.1) is 40.9 Å². The second kappa shape index (κ2) is 7.82. The molecule has 6 nitrogen and oxygen atoms in total. The predicted octanol–water partition coefficient (Wildman–Crippen LogP) is 4.36. The van der Waals surface area contributed by atoms with Crippen molar-refractivity contribution in [2.45, 2.75) is 76.9 Å². The molecule has 0 amide bonds. The maximum absolute atomic E-state index is 13.5. The number of alkyl halides is 1. The Morgan fingerprint density at radius 1 is 1.15 bits per heavy atom. The number of aromatic nitrogens is 4. The van der Waals surface area contributed by atoms with Crippen molar-refractivity contribution in [1.82, 2.24) is 20.0 Å². The minimum atomic E-state index is -1.08. The lowest BCUT2D eigenvalue weighted by Gasteiger charge is -2.56. The highest BCUT2D eigenvalue weighted by molar-refractivity contribution is 5.84. The molecule has 0 saturated heterocycles. The SMILES string of the molecule is C[C@]12CC[C@H]3[C@@H](CC[C@@H]4C[C@@](O)(CF)CC[C@@H]43)[C@@H]1CC[C@@H]2C(=O)Cn1nnc2cnccc21. The van der Waals surface area contributed by atoms with Crippen LogP contribution in [0.1, 0.15) is 64.7 Å². The van der Waals surface area contributed by atoms with Crippen LogP contribution in [-0.4, -0.2) is 43.1 Å². The molecule has 0 aromatic carbocycles. The van der Waals surface area contributed by atoms with Gasteiger partial charge in [0.05, 0.1) is 17.3 Å². The fourth-order valence-corrected chi connectivity index (χ4v) is 8.81. The zero-order valence-corrected chi connectivity index (χ0v) is 19.5. The minimum Gasteiger partial charge on any atom is -0.387 e. The van der Waals surface area contributed by atoms with E-state index in [0.29, 0.717) is 48.2 Å². The van der Waals surface area contributed by atoms with Gasteiger partial charge in [0.2, 0.25) is 0 Å². The summed E-state index contributed by atoms with van der Waals surface area (Å²) in [6.07, 6.45) is 12.3. The number of aliphatic hydroxyl groups is 1. The van der Waals surface area contributed by atoms with Gasteiger partial charge in [-0.3, -0.25) is 9.78 Å². The molecule has 4 aliphatic rings. The Bertz CT molecular complexity index is 1060. The molecule has 2 heterocycles. The minimum absolute atomic E-state index is 0.0668. The molecular formula is C26H35FN4O2. The number of carbonyl (C=O) groups excluding carboxylic acids is 1. The van der Waals surface area contributed by atoms with Crippen LogP contribution in [0.25, 0.3) is 11.0 Å². The average molecular weight is 455 g/mol. The molecule has 2 aromatic rings. The van der Waals surface area contributed by atoms with Gasteiger partial charge in [-0.15, -0.1) is 5.10 Å². The number of hydrogen-bond acceptors (Lipinski definition) is 5. The van der Waals surface area contributed by atoms with Crippen LogP contribution in [0.3, 0.4) is 0 Å². The number of Topliss-reactive ketones (excluding diaryl/α,β-unsaturated/α-hetero) is 1. The molecule has 0 aliphatic heterocycles. The number of nitrogens with zero attached hydrogens (tertiary/aromatic N) is 4. The van der Waals surface area contributed by atoms with Crippen molar-refractivity contribution in [3.05, 3.63) is 18.5 Å². The lowest BCUT2D eigenvalue weighted by molar-refractivity contribution is -0.134. The highest BCUT2D eigenvalue weighted by Gasteiger charge is 2.59. The standard InChI is InChI=1S/C26H35FN4O2/c1-25-9-6-18-17-7-10-26(33,15-27)12-16(17)2-3-19(18)20(25)4-5-21(25)24(32)14-31-23-8-11-28-13-22(23)29-30-31/h8,11,13,16-21,33H,2-7,9-10,12,14-15H2,1H3/t16-,17+,18-,19-,20+,21-,25+,26-/m1/s1. The monoisotopic (exact) mass is 454 g/mol. The van der Waals surface area contributed by atoms with Crippen LogP contribution in [0.15, 0.2) is 18.5 Å². The topological polar surface area (TPSA) is 80.9 Å². The van der Waals surface area contributed by atoms with Crippen molar-refractivity contribution >= 4 is 16.8 Å². The summed E-state index contributed by atoms with van der Waals surface area (Å²) in [6, 6.07) is 1.87. The summed E-state index contributed by atoms with van der Waals surface area (Å²) in [5.74, 6) is 3.45. The Labute approximate surface area is 194 Å². The number of carbonyl (C=O) groups is 1. The van der Waals surface area contributed by atoms with E-state index in [9.17, 15) is 14.3 Å². The van der Waals surface area contributed by atoms with Crippen molar-refractivity contribution in [3.63, 3.8) is 0 Å². The summed E-state index contributed by atoms with van der Waals surface area (Å²) in [4.78, 5) is 17.6. The van der Waals surface area contributed by atoms with E-state index < -0.39 is 12.3 Å². The lowest BCUT2D eigenvalue weighted by atomic mass is 9.49. The number of halogens is 1. The third-order valence-corrected chi connectivity index (χ3v) is 10.4. The van der Waals surface area contributed by atoms with Gasteiger partial charge in [0.1, 0.15) is 18.7 Å². The first kappa shape index (κ1) is 21.6. The summed E-state index contributed by atoms with van der Waals surface area (Å²) in [6.45, 7) is 2.06. The summed E-state index contributed by atoms with van der Waals surface area (Å²) in [7, 11) is 0. The van der Waals surface area contributed by atoms with Crippen LogP contribution in [0.2, 0.25) is 0 Å². The van der Waals surface area contributed by atoms with Crippen LogP contribution >= 0.6 is 0 Å². The van der Waals surface area contributed by atoms with E-state index >= 15 is 0 Å². The largest absolute Gasteiger partial charge is 0.387 e. The molecule has 178 valence electrons. The van der Waals surface area contributed by atoms with Crippen LogP contribution in [-0.2, 0) is 11.3 Å². The first-order valence-electron chi connectivity index (χ1n) is 12.9. The third-order valence-electron chi connectivity index (χ3n) is 10.4. The third kappa shape index (κ3) is 3.36. The van der Waals surface area contributed by atoms with E-state index in [1.54, 1.807) is 17.1 Å². The Morgan fingerprint density at radius 2 is 2.00 bits per heavy atom. The van der Waals surface area contributed by atoms with Gasteiger partial charge in [0.15, 0.2) is 5.78 Å². The van der Waals surface area contributed by atoms with Gasteiger partial charge in [0, 0.05) is 12.1 Å². The molecule has 6 rings (SSSR count). The maximum Gasteiger partial charge on any atom is 0.157 e. The highest BCUT2D eigenvalue weighted by Crippen LogP contribution is 2.64. The van der Waals surface area contributed by atoms with Gasteiger partial charge in [-0.25, -0.2) is 9.07 Å². The van der Waals surface area contributed by atoms with Gasteiger partial charge in [0.25, 0.3) is 0 Å². The maximum atomic E-state index is 13.5. The molecule has 2 aromatic heterocycles. The molecule has 33 heavy (non-hydrogen) atoms. The number of hydrogen-bond donors (Lipinski definition) is 1. The number of fused-ring (bicyclic) bond motifs is 6. The van der Waals surface area contributed by atoms with Crippen LogP contribution < -0.4 is 0 Å². The van der Waals surface area contributed by atoms with E-state index in [2.05, 4.69) is 22.2 Å². The molecule has 4 fully saturated rings. The molecule has 4 aliphatic carbocycles. The first-order valence-corrected chi connectivity index (χ1v) is 12.9. The van der Waals surface area contributed by atoms with Crippen molar-refractivity contribution in [2.24, 2.45) is 40.9 Å². The van der Waals surface area contributed by atoms with E-state index in [4.69, 9.17) is 0 Å². The van der Waals surface area contributed by atoms with Gasteiger partial charge in [-0.2, -0.15) is 0 Å².